The van der Waals surface area contributed by atoms with Crippen LogP contribution in [0.2, 0.25) is 0 Å². The summed E-state index contributed by atoms with van der Waals surface area (Å²) in [5.74, 6) is -0.0922. The Morgan fingerprint density at radius 2 is 2.17 bits per heavy atom. The lowest BCUT2D eigenvalue weighted by atomic mass is 9.86. The van der Waals surface area contributed by atoms with Gasteiger partial charge in [0.2, 0.25) is 5.91 Å². The first-order valence-electron chi connectivity index (χ1n) is 8.02. The number of para-hydroxylation sites is 1. The fourth-order valence-corrected chi connectivity index (χ4v) is 3.46. The summed E-state index contributed by atoms with van der Waals surface area (Å²) in [6.07, 6.45) is 4.50. The Balaban J connectivity index is 1.79. The highest BCUT2D eigenvalue weighted by Crippen LogP contribution is 2.37. The molecule has 0 aliphatic heterocycles. The molecule has 1 aliphatic carbocycles. The van der Waals surface area contributed by atoms with Crippen LogP contribution in [0.1, 0.15) is 26.2 Å². The van der Waals surface area contributed by atoms with Crippen molar-refractivity contribution in [2.24, 2.45) is 5.41 Å². The van der Waals surface area contributed by atoms with Crippen molar-refractivity contribution in [1.29, 1.82) is 0 Å². The van der Waals surface area contributed by atoms with E-state index in [0.29, 0.717) is 5.39 Å². The van der Waals surface area contributed by atoms with Gasteiger partial charge in [0.25, 0.3) is 0 Å². The summed E-state index contributed by atoms with van der Waals surface area (Å²) in [5, 5.41) is 13.2. The van der Waals surface area contributed by atoms with Crippen LogP contribution in [0.3, 0.4) is 0 Å². The van der Waals surface area contributed by atoms with E-state index in [0.717, 1.165) is 24.8 Å². The number of fused-ring (bicyclic) bond motifs is 1. The topological polar surface area (TPSA) is 71.3 Å². The summed E-state index contributed by atoms with van der Waals surface area (Å²) in [7, 11) is 0. The number of carbonyl (C=O) groups is 1. The standard InChI is InChI=1S/C18H22N2O3/c1-18(12-21)9-4-7-16(18)19-17(23)11-20-10-8-15(22)13-5-2-3-6-14(13)20/h2-3,5-6,8,10,16,21H,4,7,9,11-12H2,1H3,(H,19,23). The number of hydrogen-bond acceptors (Lipinski definition) is 3. The van der Waals surface area contributed by atoms with Crippen molar-refractivity contribution < 1.29 is 9.90 Å². The molecule has 1 saturated carbocycles. The van der Waals surface area contributed by atoms with Gasteiger partial charge in [-0.2, -0.15) is 0 Å². The van der Waals surface area contributed by atoms with Gasteiger partial charge in [-0.15, -0.1) is 0 Å². The zero-order chi connectivity index (χ0) is 16.4. The number of amides is 1. The molecule has 0 saturated heterocycles. The van der Waals surface area contributed by atoms with E-state index in [1.54, 1.807) is 16.8 Å². The molecule has 0 spiro atoms. The maximum atomic E-state index is 12.4. The van der Waals surface area contributed by atoms with Crippen molar-refractivity contribution in [3.05, 3.63) is 46.8 Å². The second kappa shape index (κ2) is 6.16. The molecule has 0 radical (unpaired) electrons. The van der Waals surface area contributed by atoms with Gasteiger partial charge in [-0.1, -0.05) is 25.5 Å². The first kappa shape index (κ1) is 15.7. The number of aliphatic hydroxyl groups is 1. The van der Waals surface area contributed by atoms with Crippen molar-refractivity contribution >= 4 is 16.8 Å². The van der Waals surface area contributed by atoms with Crippen LogP contribution in [-0.4, -0.2) is 28.2 Å². The Bertz CT molecular complexity index is 783. The number of nitrogens with one attached hydrogen (secondary N) is 1. The normalized spacial score (nSPS) is 24.0. The minimum Gasteiger partial charge on any atom is -0.396 e. The highest BCUT2D eigenvalue weighted by atomic mass is 16.3. The van der Waals surface area contributed by atoms with Crippen LogP contribution >= 0.6 is 0 Å². The van der Waals surface area contributed by atoms with Gasteiger partial charge in [0.05, 0.1) is 12.1 Å². The number of rotatable bonds is 4. The first-order valence-corrected chi connectivity index (χ1v) is 8.02. The summed E-state index contributed by atoms with van der Waals surface area (Å²) in [5.41, 5.74) is 0.480. The van der Waals surface area contributed by atoms with Crippen molar-refractivity contribution in [1.82, 2.24) is 9.88 Å². The fraction of sp³-hybridized carbons (Fsp3) is 0.444. The molecular formula is C18H22N2O3. The monoisotopic (exact) mass is 314 g/mol. The third kappa shape index (κ3) is 3.01. The average Bonchev–Trinajstić information content (AvgIpc) is 2.92. The second-order valence-corrected chi connectivity index (χ2v) is 6.65. The Hall–Kier alpha value is -2.14. The largest absolute Gasteiger partial charge is 0.396 e. The molecule has 2 aromatic rings. The predicted octanol–water partition coefficient (Wildman–Crippen LogP) is 1.67. The molecule has 1 fully saturated rings. The van der Waals surface area contributed by atoms with Crippen LogP contribution in [0.15, 0.2) is 41.3 Å². The third-order valence-corrected chi connectivity index (χ3v) is 4.98. The van der Waals surface area contributed by atoms with Crippen LogP contribution in [0.4, 0.5) is 0 Å². The number of aromatic nitrogens is 1. The molecule has 1 amide bonds. The van der Waals surface area contributed by atoms with Gasteiger partial charge in [-0.3, -0.25) is 9.59 Å². The van der Waals surface area contributed by atoms with E-state index < -0.39 is 0 Å². The summed E-state index contributed by atoms with van der Waals surface area (Å²) in [4.78, 5) is 24.3. The average molecular weight is 314 g/mol. The quantitative estimate of drug-likeness (QED) is 0.902. The lowest BCUT2D eigenvalue weighted by molar-refractivity contribution is -0.123. The van der Waals surface area contributed by atoms with E-state index in [1.165, 1.54) is 6.07 Å². The second-order valence-electron chi connectivity index (χ2n) is 6.65. The smallest absolute Gasteiger partial charge is 0.240 e. The molecule has 1 aliphatic rings. The van der Waals surface area contributed by atoms with Crippen LogP contribution in [0, 0.1) is 5.41 Å². The summed E-state index contributed by atoms with van der Waals surface area (Å²) >= 11 is 0. The number of benzene rings is 1. The Labute approximate surface area is 134 Å². The molecule has 3 rings (SSSR count). The molecular weight excluding hydrogens is 292 g/mol. The lowest BCUT2D eigenvalue weighted by Gasteiger charge is -2.30. The van der Waals surface area contributed by atoms with Crippen molar-refractivity contribution in [2.75, 3.05) is 6.61 Å². The molecule has 23 heavy (non-hydrogen) atoms. The molecule has 1 aromatic heterocycles. The Morgan fingerprint density at radius 1 is 1.39 bits per heavy atom. The van der Waals surface area contributed by atoms with Crippen molar-refractivity contribution in [3.63, 3.8) is 0 Å². The minimum atomic E-state index is -0.235. The summed E-state index contributed by atoms with van der Waals surface area (Å²) in [6.45, 7) is 2.26. The highest BCUT2D eigenvalue weighted by Gasteiger charge is 2.38. The molecule has 5 heteroatoms. The Kier molecular flexibility index (Phi) is 4.22. The van der Waals surface area contributed by atoms with Crippen LogP contribution in [0.25, 0.3) is 10.9 Å². The molecule has 2 unspecified atom stereocenters. The zero-order valence-electron chi connectivity index (χ0n) is 13.3. The van der Waals surface area contributed by atoms with Crippen LogP contribution < -0.4 is 10.7 Å². The maximum Gasteiger partial charge on any atom is 0.240 e. The highest BCUT2D eigenvalue weighted by molar-refractivity contribution is 5.82. The van der Waals surface area contributed by atoms with Gasteiger partial charge in [-0.25, -0.2) is 0 Å². The number of carbonyl (C=O) groups excluding carboxylic acids is 1. The molecule has 0 bridgehead atoms. The van der Waals surface area contributed by atoms with Gasteiger partial charge in [-0.05, 0) is 25.0 Å². The first-order chi connectivity index (χ1) is 11.0. The predicted molar refractivity (Wildman–Crippen MR) is 89.2 cm³/mol. The van der Waals surface area contributed by atoms with E-state index in [2.05, 4.69) is 5.32 Å². The van der Waals surface area contributed by atoms with E-state index in [4.69, 9.17) is 0 Å². The number of pyridine rings is 1. The fourth-order valence-electron chi connectivity index (χ4n) is 3.46. The van der Waals surface area contributed by atoms with Gasteiger partial charge in [0.1, 0.15) is 6.54 Å². The zero-order valence-corrected chi connectivity index (χ0v) is 13.3. The third-order valence-electron chi connectivity index (χ3n) is 4.98. The van der Waals surface area contributed by atoms with Gasteiger partial charge >= 0.3 is 0 Å². The lowest BCUT2D eigenvalue weighted by Crippen LogP contribution is -2.45. The van der Waals surface area contributed by atoms with Gasteiger partial charge in [0, 0.05) is 29.1 Å². The van der Waals surface area contributed by atoms with Crippen molar-refractivity contribution in [2.45, 2.75) is 38.8 Å². The molecule has 1 aromatic carbocycles. The SMILES string of the molecule is CC1(CO)CCCC1NC(=O)Cn1ccc(=O)c2ccccc21. The van der Waals surface area contributed by atoms with E-state index in [1.807, 2.05) is 25.1 Å². The van der Waals surface area contributed by atoms with E-state index in [-0.39, 0.29) is 35.9 Å². The van der Waals surface area contributed by atoms with E-state index in [9.17, 15) is 14.7 Å². The minimum absolute atomic E-state index is 0.00523. The van der Waals surface area contributed by atoms with Gasteiger partial charge in [0.15, 0.2) is 5.43 Å². The Morgan fingerprint density at radius 3 is 2.96 bits per heavy atom. The van der Waals surface area contributed by atoms with Crippen LogP contribution in [0.5, 0.6) is 0 Å². The maximum absolute atomic E-state index is 12.4. The number of nitrogens with zero attached hydrogens (tertiary/aromatic N) is 1. The molecule has 1 heterocycles. The van der Waals surface area contributed by atoms with Gasteiger partial charge < -0.3 is 15.0 Å². The molecule has 122 valence electrons. The molecule has 2 atom stereocenters. The van der Waals surface area contributed by atoms with Crippen molar-refractivity contribution in [3.8, 4) is 0 Å². The molecule has 5 nitrogen and oxygen atoms in total. The summed E-state index contributed by atoms with van der Waals surface area (Å²) in [6, 6.07) is 8.78. The van der Waals surface area contributed by atoms with Crippen LogP contribution in [-0.2, 0) is 11.3 Å². The van der Waals surface area contributed by atoms with E-state index >= 15 is 0 Å². The number of hydrogen-bond donors (Lipinski definition) is 2. The molecule has 2 N–H and O–H groups in total. The number of aliphatic hydroxyl groups excluding tert-OH is 1. The summed E-state index contributed by atoms with van der Waals surface area (Å²) < 4.78 is 1.79.